The average molecular weight is 308 g/mol. The lowest BCUT2D eigenvalue weighted by Gasteiger charge is -2.21. The van der Waals surface area contributed by atoms with E-state index < -0.39 is 11.7 Å². The lowest BCUT2D eigenvalue weighted by Crippen LogP contribution is -2.28. The van der Waals surface area contributed by atoms with Crippen molar-refractivity contribution in [2.75, 3.05) is 16.4 Å². The molecule has 116 valence electrons. The molecule has 1 heterocycles. The second-order valence-electron chi connectivity index (χ2n) is 6.39. The fraction of sp³-hybridized carbons (Fsp3) is 0.562. The number of thioether (sulfide) groups is 1. The summed E-state index contributed by atoms with van der Waals surface area (Å²) in [7, 11) is 0. The van der Waals surface area contributed by atoms with Gasteiger partial charge < -0.3 is 10.1 Å². The van der Waals surface area contributed by atoms with E-state index in [9.17, 15) is 4.79 Å². The SMILES string of the molecule is CC1CC(Nc2ccccc2NC(=O)OC(C)(C)C)CS1. The summed E-state index contributed by atoms with van der Waals surface area (Å²) in [5, 5.41) is 7.03. The number of para-hydroxylation sites is 2. The maximum absolute atomic E-state index is 11.9. The summed E-state index contributed by atoms with van der Waals surface area (Å²) < 4.78 is 5.30. The minimum Gasteiger partial charge on any atom is -0.444 e. The maximum atomic E-state index is 11.9. The van der Waals surface area contributed by atoms with E-state index >= 15 is 0 Å². The molecule has 0 aromatic heterocycles. The number of ether oxygens (including phenoxy) is 1. The highest BCUT2D eigenvalue weighted by atomic mass is 32.2. The Balaban J connectivity index is 2.01. The summed E-state index contributed by atoms with van der Waals surface area (Å²) >= 11 is 1.98. The van der Waals surface area contributed by atoms with Crippen LogP contribution in [-0.4, -0.2) is 28.7 Å². The number of carbonyl (C=O) groups excluding carboxylic acids is 1. The average Bonchev–Trinajstić information content (AvgIpc) is 2.75. The van der Waals surface area contributed by atoms with Crippen molar-refractivity contribution in [1.29, 1.82) is 0 Å². The Kier molecular flexibility index (Phi) is 5.04. The standard InChI is InChI=1S/C16H24N2O2S/c1-11-9-12(10-21-11)17-13-7-5-6-8-14(13)18-15(19)20-16(2,3)4/h5-8,11-12,17H,9-10H2,1-4H3,(H,18,19). The van der Waals surface area contributed by atoms with Crippen molar-refractivity contribution < 1.29 is 9.53 Å². The number of hydrogen-bond donors (Lipinski definition) is 2. The Morgan fingerprint density at radius 1 is 1.29 bits per heavy atom. The van der Waals surface area contributed by atoms with Crippen molar-refractivity contribution in [3.8, 4) is 0 Å². The van der Waals surface area contributed by atoms with E-state index in [1.54, 1.807) is 0 Å². The van der Waals surface area contributed by atoms with Gasteiger partial charge in [-0.05, 0) is 39.3 Å². The van der Waals surface area contributed by atoms with Gasteiger partial charge in [0, 0.05) is 17.0 Å². The first-order chi connectivity index (χ1) is 9.83. The predicted molar refractivity (Wildman–Crippen MR) is 90.2 cm³/mol. The molecular formula is C16H24N2O2S. The van der Waals surface area contributed by atoms with E-state index in [2.05, 4.69) is 17.6 Å². The molecule has 5 heteroatoms. The Hall–Kier alpha value is -1.36. The number of hydrogen-bond acceptors (Lipinski definition) is 4. The largest absolute Gasteiger partial charge is 0.444 e. The monoisotopic (exact) mass is 308 g/mol. The Morgan fingerprint density at radius 3 is 2.52 bits per heavy atom. The van der Waals surface area contributed by atoms with Gasteiger partial charge in [-0.2, -0.15) is 11.8 Å². The van der Waals surface area contributed by atoms with Crippen LogP contribution < -0.4 is 10.6 Å². The van der Waals surface area contributed by atoms with Crippen LogP contribution in [0.25, 0.3) is 0 Å². The molecule has 0 saturated carbocycles. The molecule has 21 heavy (non-hydrogen) atoms. The molecule has 0 radical (unpaired) electrons. The zero-order valence-electron chi connectivity index (χ0n) is 13.1. The molecule has 1 aromatic carbocycles. The lowest BCUT2D eigenvalue weighted by molar-refractivity contribution is 0.0636. The molecule has 2 N–H and O–H groups in total. The van der Waals surface area contributed by atoms with Crippen LogP contribution >= 0.6 is 11.8 Å². The molecule has 4 nitrogen and oxygen atoms in total. The first-order valence-electron chi connectivity index (χ1n) is 7.30. The Bertz CT molecular complexity index is 499. The van der Waals surface area contributed by atoms with Crippen LogP contribution in [0.3, 0.4) is 0 Å². The van der Waals surface area contributed by atoms with Gasteiger partial charge in [0.1, 0.15) is 5.60 Å². The van der Waals surface area contributed by atoms with Crippen LogP contribution in [0.4, 0.5) is 16.2 Å². The van der Waals surface area contributed by atoms with E-state index in [4.69, 9.17) is 4.74 Å². The van der Waals surface area contributed by atoms with Gasteiger partial charge in [-0.3, -0.25) is 5.32 Å². The van der Waals surface area contributed by atoms with Gasteiger partial charge >= 0.3 is 6.09 Å². The minimum absolute atomic E-state index is 0.425. The van der Waals surface area contributed by atoms with E-state index in [1.165, 1.54) is 0 Å². The molecule has 1 aromatic rings. The van der Waals surface area contributed by atoms with E-state index in [0.717, 1.165) is 23.5 Å². The van der Waals surface area contributed by atoms with Gasteiger partial charge in [-0.15, -0.1) is 0 Å². The van der Waals surface area contributed by atoms with E-state index in [1.807, 2.05) is 56.8 Å². The fourth-order valence-corrected chi connectivity index (χ4v) is 3.42. The van der Waals surface area contributed by atoms with Crippen molar-refractivity contribution in [3.05, 3.63) is 24.3 Å². The van der Waals surface area contributed by atoms with Crippen molar-refractivity contribution in [3.63, 3.8) is 0 Å². The van der Waals surface area contributed by atoms with E-state index in [0.29, 0.717) is 11.3 Å². The van der Waals surface area contributed by atoms with Crippen LogP contribution in [0.5, 0.6) is 0 Å². The number of amides is 1. The summed E-state index contributed by atoms with van der Waals surface area (Å²) in [5.41, 5.74) is 1.21. The molecule has 1 aliphatic heterocycles. The molecule has 1 aliphatic rings. The van der Waals surface area contributed by atoms with E-state index in [-0.39, 0.29) is 0 Å². The van der Waals surface area contributed by atoms with Crippen LogP contribution in [0, 0.1) is 0 Å². The third-order valence-electron chi connectivity index (χ3n) is 3.12. The molecule has 2 atom stereocenters. The highest BCUT2D eigenvalue weighted by molar-refractivity contribution is 8.00. The molecule has 0 bridgehead atoms. The fourth-order valence-electron chi connectivity index (χ4n) is 2.27. The summed E-state index contributed by atoms with van der Waals surface area (Å²) in [4.78, 5) is 11.9. The minimum atomic E-state index is -0.496. The molecule has 1 saturated heterocycles. The maximum Gasteiger partial charge on any atom is 0.412 e. The van der Waals surface area contributed by atoms with Crippen LogP contribution in [0.15, 0.2) is 24.3 Å². The number of rotatable bonds is 3. The summed E-state index contributed by atoms with van der Waals surface area (Å²) in [6, 6.07) is 8.20. The summed E-state index contributed by atoms with van der Waals surface area (Å²) in [6.45, 7) is 7.81. The molecular weight excluding hydrogens is 284 g/mol. The van der Waals surface area contributed by atoms with Crippen LogP contribution in [0.2, 0.25) is 0 Å². The Morgan fingerprint density at radius 2 is 1.95 bits per heavy atom. The third kappa shape index (κ3) is 5.16. The molecule has 1 fully saturated rings. The second kappa shape index (κ2) is 6.60. The third-order valence-corrected chi connectivity index (χ3v) is 4.48. The lowest BCUT2D eigenvalue weighted by atomic mass is 10.1. The molecule has 1 amide bonds. The van der Waals surface area contributed by atoms with Gasteiger partial charge in [0.2, 0.25) is 0 Å². The topological polar surface area (TPSA) is 50.4 Å². The zero-order valence-corrected chi connectivity index (χ0v) is 13.9. The van der Waals surface area contributed by atoms with Gasteiger partial charge in [-0.25, -0.2) is 4.79 Å². The van der Waals surface area contributed by atoms with Crippen molar-refractivity contribution in [2.24, 2.45) is 0 Å². The van der Waals surface area contributed by atoms with Crippen molar-refractivity contribution in [1.82, 2.24) is 0 Å². The predicted octanol–water partition coefficient (Wildman–Crippen LogP) is 4.34. The van der Waals surface area contributed by atoms with Crippen LogP contribution in [-0.2, 0) is 4.74 Å². The summed E-state index contributed by atoms with van der Waals surface area (Å²) in [5.74, 6) is 1.10. The number of carbonyl (C=O) groups is 1. The zero-order chi connectivity index (χ0) is 15.5. The normalized spacial score (nSPS) is 21.9. The number of benzene rings is 1. The Labute approximate surface area is 131 Å². The molecule has 2 unspecified atom stereocenters. The van der Waals surface area contributed by atoms with Crippen molar-refractivity contribution in [2.45, 2.75) is 51.0 Å². The van der Waals surface area contributed by atoms with Gasteiger partial charge in [0.05, 0.1) is 11.4 Å². The number of anilines is 2. The van der Waals surface area contributed by atoms with Gasteiger partial charge in [0.25, 0.3) is 0 Å². The van der Waals surface area contributed by atoms with Gasteiger partial charge in [0.15, 0.2) is 0 Å². The molecule has 2 rings (SSSR count). The first kappa shape index (κ1) is 16.0. The molecule has 0 aliphatic carbocycles. The second-order valence-corrected chi connectivity index (χ2v) is 7.86. The highest BCUT2D eigenvalue weighted by Gasteiger charge is 2.23. The number of nitrogens with one attached hydrogen (secondary N) is 2. The molecule has 0 spiro atoms. The van der Waals surface area contributed by atoms with Gasteiger partial charge in [-0.1, -0.05) is 19.1 Å². The van der Waals surface area contributed by atoms with Crippen molar-refractivity contribution >= 4 is 29.2 Å². The first-order valence-corrected chi connectivity index (χ1v) is 8.35. The quantitative estimate of drug-likeness (QED) is 0.872. The highest BCUT2D eigenvalue weighted by Crippen LogP contribution is 2.30. The smallest absolute Gasteiger partial charge is 0.412 e. The summed E-state index contributed by atoms with van der Waals surface area (Å²) in [6.07, 6.45) is 0.719. The van der Waals surface area contributed by atoms with Crippen LogP contribution in [0.1, 0.15) is 34.1 Å².